The second-order valence-corrected chi connectivity index (χ2v) is 4.64. The van der Waals surface area contributed by atoms with Gasteiger partial charge in [0.1, 0.15) is 11.5 Å². The third kappa shape index (κ3) is 4.22. The van der Waals surface area contributed by atoms with E-state index in [0.29, 0.717) is 16.5 Å². The summed E-state index contributed by atoms with van der Waals surface area (Å²) in [6.07, 6.45) is 4.98. The molecule has 0 bridgehead atoms. The summed E-state index contributed by atoms with van der Waals surface area (Å²) in [5.41, 5.74) is 2.98. The highest BCUT2D eigenvalue weighted by atomic mass is 35.5. The molecule has 0 spiro atoms. The number of carbonyl (C=O) groups is 1. The molecule has 0 unspecified atom stereocenters. The van der Waals surface area contributed by atoms with Crippen molar-refractivity contribution in [1.29, 1.82) is 0 Å². The van der Waals surface area contributed by atoms with Crippen molar-refractivity contribution in [3.8, 4) is 5.75 Å². The van der Waals surface area contributed by atoms with Gasteiger partial charge < -0.3 is 9.52 Å². The average molecular weight is 305 g/mol. The maximum absolute atomic E-state index is 11.9. The highest BCUT2D eigenvalue weighted by Crippen LogP contribution is 2.21. The van der Waals surface area contributed by atoms with Crippen molar-refractivity contribution in [2.75, 3.05) is 0 Å². The number of amides is 1. The standard InChI is InChI=1S/C15H13ClN2O3/c1-10(4-6-12-3-2-8-21-12)17-18-15(20)13-9-11(16)5-7-14(13)19/h2-9,19H,1H3,(H,18,20)/b6-4+,17-10?. The lowest BCUT2D eigenvalue weighted by molar-refractivity contribution is 0.0952. The molecule has 0 aliphatic heterocycles. The van der Waals surface area contributed by atoms with E-state index >= 15 is 0 Å². The number of hydrogen-bond acceptors (Lipinski definition) is 4. The third-order valence-electron chi connectivity index (χ3n) is 2.57. The zero-order valence-electron chi connectivity index (χ0n) is 11.2. The van der Waals surface area contributed by atoms with Crippen LogP contribution < -0.4 is 5.43 Å². The molecule has 0 saturated heterocycles. The molecule has 0 aliphatic rings. The SMILES string of the molecule is CC(/C=C/c1ccco1)=NNC(=O)c1cc(Cl)ccc1O. The second-order valence-electron chi connectivity index (χ2n) is 4.20. The number of allylic oxidation sites excluding steroid dienone is 1. The Morgan fingerprint density at radius 2 is 2.24 bits per heavy atom. The first kappa shape index (κ1) is 14.9. The highest BCUT2D eigenvalue weighted by molar-refractivity contribution is 6.31. The van der Waals surface area contributed by atoms with Crippen LogP contribution in [0.3, 0.4) is 0 Å². The number of hydrogen-bond donors (Lipinski definition) is 2. The Morgan fingerprint density at radius 3 is 2.95 bits per heavy atom. The van der Waals surface area contributed by atoms with Crippen molar-refractivity contribution < 1.29 is 14.3 Å². The van der Waals surface area contributed by atoms with Crippen molar-refractivity contribution in [3.63, 3.8) is 0 Å². The van der Waals surface area contributed by atoms with E-state index in [4.69, 9.17) is 16.0 Å². The van der Waals surface area contributed by atoms with Crippen molar-refractivity contribution in [2.24, 2.45) is 5.10 Å². The van der Waals surface area contributed by atoms with E-state index in [1.165, 1.54) is 18.2 Å². The fourth-order valence-corrected chi connectivity index (χ4v) is 1.69. The van der Waals surface area contributed by atoms with Crippen molar-refractivity contribution in [2.45, 2.75) is 6.92 Å². The minimum absolute atomic E-state index is 0.0639. The molecular formula is C15H13ClN2O3. The molecule has 0 atom stereocenters. The minimum Gasteiger partial charge on any atom is -0.507 e. The number of benzene rings is 1. The van der Waals surface area contributed by atoms with Crippen LogP contribution in [0.5, 0.6) is 5.75 Å². The number of carbonyl (C=O) groups excluding carboxylic acids is 1. The van der Waals surface area contributed by atoms with Gasteiger partial charge in [-0.1, -0.05) is 11.6 Å². The summed E-state index contributed by atoms with van der Waals surface area (Å²) >= 11 is 5.78. The molecule has 2 aromatic rings. The van der Waals surface area contributed by atoms with Gasteiger partial charge in [-0.25, -0.2) is 5.43 Å². The molecule has 0 saturated carbocycles. The molecule has 1 heterocycles. The smallest absolute Gasteiger partial charge is 0.275 e. The van der Waals surface area contributed by atoms with Crippen LogP contribution in [0.4, 0.5) is 0 Å². The van der Waals surface area contributed by atoms with E-state index in [9.17, 15) is 9.90 Å². The summed E-state index contributed by atoms with van der Waals surface area (Å²) in [7, 11) is 0. The lowest BCUT2D eigenvalue weighted by atomic mass is 10.2. The number of hydrazone groups is 1. The van der Waals surface area contributed by atoms with Crippen LogP contribution in [-0.2, 0) is 0 Å². The van der Waals surface area contributed by atoms with Crippen molar-refractivity contribution >= 4 is 29.3 Å². The highest BCUT2D eigenvalue weighted by Gasteiger charge is 2.10. The number of aromatic hydroxyl groups is 1. The van der Waals surface area contributed by atoms with E-state index in [1.807, 2.05) is 0 Å². The van der Waals surface area contributed by atoms with Crippen LogP contribution in [0.15, 0.2) is 52.2 Å². The molecule has 1 aromatic carbocycles. The first-order chi connectivity index (χ1) is 10.1. The molecule has 0 fully saturated rings. The van der Waals surface area contributed by atoms with Crippen molar-refractivity contribution in [3.05, 3.63) is 59.0 Å². The molecule has 2 rings (SSSR count). The summed E-state index contributed by atoms with van der Waals surface area (Å²) in [6.45, 7) is 1.72. The molecule has 108 valence electrons. The maximum atomic E-state index is 11.9. The summed E-state index contributed by atoms with van der Waals surface area (Å²) < 4.78 is 5.13. The van der Waals surface area contributed by atoms with Crippen LogP contribution in [0.1, 0.15) is 23.0 Å². The predicted octanol–water partition coefficient (Wildman–Crippen LogP) is 3.46. The Morgan fingerprint density at radius 1 is 1.43 bits per heavy atom. The molecule has 0 aliphatic carbocycles. The van der Waals surface area contributed by atoms with E-state index in [-0.39, 0.29) is 11.3 Å². The summed E-state index contributed by atoms with van der Waals surface area (Å²) in [5, 5.41) is 13.9. The average Bonchev–Trinajstić information content (AvgIpc) is 2.98. The lowest BCUT2D eigenvalue weighted by Crippen LogP contribution is -2.18. The zero-order chi connectivity index (χ0) is 15.2. The number of halogens is 1. The van der Waals surface area contributed by atoms with Crippen LogP contribution >= 0.6 is 11.6 Å². The van der Waals surface area contributed by atoms with Crippen LogP contribution in [0.2, 0.25) is 5.02 Å². The Balaban J connectivity index is 2.02. The first-order valence-corrected chi connectivity index (χ1v) is 6.49. The quantitative estimate of drug-likeness (QED) is 0.671. The summed E-state index contributed by atoms with van der Waals surface area (Å²) in [5.74, 6) is -0.0139. The lowest BCUT2D eigenvalue weighted by Gasteiger charge is -2.03. The van der Waals surface area contributed by atoms with Gasteiger partial charge in [0.05, 0.1) is 17.5 Å². The molecule has 1 amide bonds. The van der Waals surface area contributed by atoms with E-state index < -0.39 is 5.91 Å². The molecule has 0 radical (unpaired) electrons. The van der Waals surface area contributed by atoms with Crippen molar-refractivity contribution in [1.82, 2.24) is 5.43 Å². The number of nitrogens with zero attached hydrogens (tertiary/aromatic N) is 1. The van der Waals surface area contributed by atoms with Crippen LogP contribution in [0.25, 0.3) is 6.08 Å². The van der Waals surface area contributed by atoms with Crippen LogP contribution in [-0.4, -0.2) is 16.7 Å². The predicted molar refractivity (Wildman–Crippen MR) is 81.4 cm³/mol. The molecule has 6 heteroatoms. The summed E-state index contributed by atoms with van der Waals surface area (Å²) in [4.78, 5) is 11.9. The topological polar surface area (TPSA) is 74.8 Å². The fourth-order valence-electron chi connectivity index (χ4n) is 1.52. The monoisotopic (exact) mass is 304 g/mol. The Hall–Kier alpha value is -2.53. The fraction of sp³-hybridized carbons (Fsp3) is 0.0667. The molecule has 21 heavy (non-hydrogen) atoms. The van der Waals surface area contributed by atoms with E-state index in [1.54, 1.807) is 37.5 Å². The van der Waals surface area contributed by atoms with Gasteiger partial charge in [-0.05, 0) is 49.4 Å². The largest absolute Gasteiger partial charge is 0.507 e. The maximum Gasteiger partial charge on any atom is 0.275 e. The van der Waals surface area contributed by atoms with Gasteiger partial charge in [-0.3, -0.25) is 4.79 Å². The Labute approximate surface area is 126 Å². The van der Waals surface area contributed by atoms with Gasteiger partial charge in [0, 0.05) is 5.02 Å². The minimum atomic E-state index is -0.541. The normalized spacial score (nSPS) is 11.8. The first-order valence-electron chi connectivity index (χ1n) is 6.11. The zero-order valence-corrected chi connectivity index (χ0v) is 12.0. The van der Waals surface area contributed by atoms with Gasteiger partial charge in [0.25, 0.3) is 5.91 Å². The van der Waals surface area contributed by atoms with Gasteiger partial charge in [0.15, 0.2) is 0 Å². The summed E-state index contributed by atoms with van der Waals surface area (Å²) in [6, 6.07) is 7.79. The Kier molecular flexibility index (Phi) is 4.79. The molecule has 2 N–H and O–H groups in total. The number of rotatable bonds is 4. The van der Waals surface area contributed by atoms with Gasteiger partial charge >= 0.3 is 0 Å². The number of phenolic OH excluding ortho intramolecular Hbond substituents is 1. The number of furan rings is 1. The van der Waals surface area contributed by atoms with Gasteiger partial charge in [-0.2, -0.15) is 5.10 Å². The third-order valence-corrected chi connectivity index (χ3v) is 2.80. The molecule has 1 aromatic heterocycles. The molecule has 5 nitrogen and oxygen atoms in total. The number of phenols is 1. The second kappa shape index (κ2) is 6.76. The van der Waals surface area contributed by atoms with E-state index in [0.717, 1.165) is 0 Å². The van der Waals surface area contributed by atoms with Gasteiger partial charge in [0.2, 0.25) is 0 Å². The molecular weight excluding hydrogens is 292 g/mol. The van der Waals surface area contributed by atoms with Crippen LogP contribution in [0, 0.1) is 0 Å². The van der Waals surface area contributed by atoms with Gasteiger partial charge in [-0.15, -0.1) is 0 Å². The number of nitrogens with one attached hydrogen (secondary N) is 1. The van der Waals surface area contributed by atoms with E-state index in [2.05, 4.69) is 10.5 Å². The Bertz CT molecular complexity index is 691.